The smallest absolute Gasteiger partial charge is 0.326 e. The molecule has 0 aliphatic heterocycles. The molecule has 0 saturated heterocycles. The van der Waals surface area contributed by atoms with E-state index in [4.69, 9.17) is 14.6 Å². The number of methoxy groups -OCH3 is 1. The van der Waals surface area contributed by atoms with Crippen molar-refractivity contribution in [3.8, 4) is 5.75 Å². The number of rotatable bonds is 9. The van der Waals surface area contributed by atoms with Gasteiger partial charge in [0.2, 0.25) is 0 Å². The predicted octanol–water partition coefficient (Wildman–Crippen LogP) is 1.20. The molecule has 7 heteroatoms. The number of benzene rings is 1. The number of amides is 1. The number of nitrogens with one attached hydrogen (secondary N) is 1. The van der Waals surface area contributed by atoms with Gasteiger partial charge in [-0.2, -0.15) is 0 Å². The van der Waals surface area contributed by atoms with Gasteiger partial charge in [0.15, 0.2) is 18.2 Å². The van der Waals surface area contributed by atoms with Gasteiger partial charge in [0, 0.05) is 13.7 Å². The van der Waals surface area contributed by atoms with Gasteiger partial charge in [-0.15, -0.1) is 0 Å². The summed E-state index contributed by atoms with van der Waals surface area (Å²) in [6.45, 7) is -0.0413. The second kappa shape index (κ2) is 8.91. The Morgan fingerprint density at radius 1 is 1.38 bits per heavy atom. The second-order valence-electron chi connectivity index (χ2n) is 4.31. The van der Waals surface area contributed by atoms with E-state index in [2.05, 4.69) is 5.32 Å². The number of para-hydroxylation sites is 1. The van der Waals surface area contributed by atoms with Crippen molar-refractivity contribution in [3.63, 3.8) is 0 Å². The van der Waals surface area contributed by atoms with Crippen LogP contribution in [-0.2, 0) is 14.3 Å². The largest absolute Gasteiger partial charge is 0.481 e. The third-order valence-electron chi connectivity index (χ3n) is 2.67. The first kappa shape index (κ1) is 16.9. The Bertz CT molecular complexity index is 480. The molecule has 0 aliphatic carbocycles. The van der Waals surface area contributed by atoms with Crippen LogP contribution in [0.5, 0.6) is 5.75 Å². The quantitative estimate of drug-likeness (QED) is 0.669. The number of carboxylic acids is 1. The fourth-order valence-corrected chi connectivity index (χ4v) is 1.63. The van der Waals surface area contributed by atoms with Gasteiger partial charge in [-0.25, -0.2) is 9.18 Å². The Morgan fingerprint density at radius 3 is 2.71 bits per heavy atom. The molecule has 0 saturated carbocycles. The SMILES string of the molecule is COCCCC(NC(=O)COc1ccccc1F)C(=O)O. The lowest BCUT2D eigenvalue weighted by Crippen LogP contribution is -2.43. The lowest BCUT2D eigenvalue weighted by atomic mass is 10.1. The van der Waals surface area contributed by atoms with E-state index in [1.54, 1.807) is 6.07 Å². The van der Waals surface area contributed by atoms with Gasteiger partial charge in [0.05, 0.1) is 0 Å². The highest BCUT2D eigenvalue weighted by Gasteiger charge is 2.19. The number of hydrogen-bond donors (Lipinski definition) is 2. The van der Waals surface area contributed by atoms with Gasteiger partial charge in [0.1, 0.15) is 6.04 Å². The van der Waals surface area contributed by atoms with E-state index >= 15 is 0 Å². The number of carboxylic acid groups (broad SMARTS) is 1. The average molecular weight is 299 g/mol. The second-order valence-corrected chi connectivity index (χ2v) is 4.31. The molecule has 0 fully saturated rings. The molecular formula is C14H18FNO5. The fraction of sp³-hybridized carbons (Fsp3) is 0.429. The van der Waals surface area contributed by atoms with E-state index in [1.807, 2.05) is 0 Å². The van der Waals surface area contributed by atoms with Gasteiger partial charge in [-0.3, -0.25) is 4.79 Å². The molecule has 1 aromatic carbocycles. The Hall–Kier alpha value is -2.15. The molecule has 0 heterocycles. The van der Waals surface area contributed by atoms with Crippen LogP contribution in [0.25, 0.3) is 0 Å². The predicted molar refractivity (Wildman–Crippen MR) is 72.6 cm³/mol. The monoisotopic (exact) mass is 299 g/mol. The maximum absolute atomic E-state index is 13.3. The fourth-order valence-electron chi connectivity index (χ4n) is 1.63. The van der Waals surface area contributed by atoms with Crippen molar-refractivity contribution >= 4 is 11.9 Å². The van der Waals surface area contributed by atoms with Crippen LogP contribution in [0.1, 0.15) is 12.8 Å². The summed E-state index contributed by atoms with van der Waals surface area (Å²) in [5.41, 5.74) is 0. The van der Waals surface area contributed by atoms with Crippen LogP contribution in [0, 0.1) is 5.82 Å². The van der Waals surface area contributed by atoms with Crippen molar-refractivity contribution < 1.29 is 28.6 Å². The Labute approximate surface area is 121 Å². The molecule has 6 nitrogen and oxygen atoms in total. The van der Waals surface area contributed by atoms with E-state index in [0.717, 1.165) is 0 Å². The number of ether oxygens (including phenoxy) is 2. The molecule has 1 rings (SSSR count). The molecule has 0 radical (unpaired) electrons. The standard InChI is InChI=1S/C14H18FNO5/c1-20-8-4-6-11(14(18)19)16-13(17)9-21-12-7-3-2-5-10(12)15/h2-3,5,7,11H,4,6,8-9H2,1H3,(H,16,17)(H,18,19). The molecule has 116 valence electrons. The van der Waals surface area contributed by atoms with E-state index < -0.39 is 30.3 Å². The van der Waals surface area contributed by atoms with Crippen molar-refractivity contribution in [3.05, 3.63) is 30.1 Å². The van der Waals surface area contributed by atoms with Crippen molar-refractivity contribution in [2.45, 2.75) is 18.9 Å². The van der Waals surface area contributed by atoms with Gasteiger partial charge in [-0.05, 0) is 25.0 Å². The molecule has 1 unspecified atom stereocenters. The van der Waals surface area contributed by atoms with Crippen molar-refractivity contribution in [2.75, 3.05) is 20.3 Å². The molecular weight excluding hydrogens is 281 g/mol. The van der Waals surface area contributed by atoms with E-state index in [1.165, 1.54) is 25.3 Å². The molecule has 0 bridgehead atoms. The van der Waals surface area contributed by atoms with Gasteiger partial charge >= 0.3 is 5.97 Å². The first-order valence-corrected chi connectivity index (χ1v) is 6.43. The highest BCUT2D eigenvalue weighted by Crippen LogP contribution is 2.14. The van der Waals surface area contributed by atoms with Gasteiger partial charge in [-0.1, -0.05) is 12.1 Å². The zero-order valence-electron chi connectivity index (χ0n) is 11.7. The van der Waals surface area contributed by atoms with Crippen LogP contribution in [-0.4, -0.2) is 43.3 Å². The zero-order valence-corrected chi connectivity index (χ0v) is 11.7. The van der Waals surface area contributed by atoms with Crippen LogP contribution in [0.3, 0.4) is 0 Å². The molecule has 2 N–H and O–H groups in total. The maximum atomic E-state index is 13.3. The lowest BCUT2D eigenvalue weighted by Gasteiger charge is -2.14. The minimum absolute atomic E-state index is 0.0566. The lowest BCUT2D eigenvalue weighted by molar-refractivity contribution is -0.142. The van der Waals surface area contributed by atoms with E-state index in [9.17, 15) is 14.0 Å². The van der Waals surface area contributed by atoms with Crippen LogP contribution >= 0.6 is 0 Å². The van der Waals surface area contributed by atoms with Crippen LogP contribution in [0.2, 0.25) is 0 Å². The van der Waals surface area contributed by atoms with Crippen molar-refractivity contribution in [1.29, 1.82) is 0 Å². The van der Waals surface area contributed by atoms with E-state index in [-0.39, 0.29) is 12.2 Å². The number of hydrogen-bond acceptors (Lipinski definition) is 4. The number of carbonyl (C=O) groups excluding carboxylic acids is 1. The minimum Gasteiger partial charge on any atom is -0.481 e. The number of halogens is 1. The highest BCUT2D eigenvalue weighted by molar-refractivity contribution is 5.84. The molecule has 21 heavy (non-hydrogen) atoms. The Balaban J connectivity index is 2.43. The number of carbonyl (C=O) groups is 2. The highest BCUT2D eigenvalue weighted by atomic mass is 19.1. The summed E-state index contributed by atoms with van der Waals surface area (Å²) in [7, 11) is 1.51. The molecule has 1 aromatic rings. The third kappa shape index (κ3) is 6.22. The van der Waals surface area contributed by atoms with Gasteiger partial charge < -0.3 is 19.9 Å². The van der Waals surface area contributed by atoms with Crippen LogP contribution < -0.4 is 10.1 Å². The molecule has 0 aromatic heterocycles. The summed E-state index contributed by atoms with van der Waals surface area (Å²) in [5.74, 6) is -2.40. The van der Waals surface area contributed by atoms with Crippen LogP contribution in [0.15, 0.2) is 24.3 Å². The minimum atomic E-state index is -1.13. The summed E-state index contributed by atoms with van der Waals surface area (Å²) in [5, 5.41) is 11.3. The Kier molecular flexibility index (Phi) is 7.17. The average Bonchev–Trinajstić information content (AvgIpc) is 2.45. The Morgan fingerprint density at radius 2 is 2.10 bits per heavy atom. The summed E-state index contributed by atoms with van der Waals surface area (Å²) >= 11 is 0. The molecule has 1 amide bonds. The van der Waals surface area contributed by atoms with Crippen LogP contribution in [0.4, 0.5) is 4.39 Å². The summed E-state index contributed by atoms with van der Waals surface area (Å²) < 4.78 is 23.1. The first-order chi connectivity index (χ1) is 10.0. The molecule has 0 aliphatic rings. The maximum Gasteiger partial charge on any atom is 0.326 e. The molecule has 1 atom stereocenters. The number of aliphatic carboxylic acids is 1. The zero-order chi connectivity index (χ0) is 15.7. The summed E-state index contributed by atoms with van der Waals surface area (Å²) in [6.07, 6.45) is 0.747. The third-order valence-corrected chi connectivity index (χ3v) is 2.67. The first-order valence-electron chi connectivity index (χ1n) is 6.43. The normalized spacial score (nSPS) is 11.7. The molecule has 0 spiro atoms. The van der Waals surface area contributed by atoms with Gasteiger partial charge in [0.25, 0.3) is 5.91 Å². The summed E-state index contributed by atoms with van der Waals surface area (Å²) in [6, 6.07) is 4.64. The summed E-state index contributed by atoms with van der Waals surface area (Å²) in [4.78, 5) is 22.6. The van der Waals surface area contributed by atoms with Crippen molar-refractivity contribution in [1.82, 2.24) is 5.32 Å². The van der Waals surface area contributed by atoms with Crippen molar-refractivity contribution in [2.24, 2.45) is 0 Å². The van der Waals surface area contributed by atoms with E-state index in [0.29, 0.717) is 13.0 Å². The topological polar surface area (TPSA) is 84.9 Å².